The Bertz CT molecular complexity index is 878. The predicted molar refractivity (Wildman–Crippen MR) is 133 cm³/mol. The molecule has 34 heavy (non-hydrogen) atoms. The minimum atomic E-state index is -3.70. The first-order chi connectivity index (χ1) is 16.3. The Labute approximate surface area is 205 Å². The van der Waals surface area contributed by atoms with Crippen molar-refractivity contribution in [2.45, 2.75) is 63.6 Å². The Balaban J connectivity index is 1.73. The van der Waals surface area contributed by atoms with Gasteiger partial charge in [-0.05, 0) is 38.5 Å². The topological polar surface area (TPSA) is 79.4 Å². The second-order valence-corrected chi connectivity index (χ2v) is 11.4. The first-order valence-corrected chi connectivity index (χ1v) is 14.1. The molecule has 0 bridgehead atoms. The Kier molecular flexibility index (Phi) is 10.3. The van der Waals surface area contributed by atoms with Crippen LogP contribution in [0.3, 0.4) is 0 Å². The van der Waals surface area contributed by atoms with Gasteiger partial charge in [-0.25, -0.2) is 8.42 Å². The number of amides is 1. The highest BCUT2D eigenvalue weighted by molar-refractivity contribution is 7.89. The zero-order valence-corrected chi connectivity index (χ0v) is 21.8. The smallest absolute Gasteiger partial charge is 0.253 e. The van der Waals surface area contributed by atoms with Crippen molar-refractivity contribution in [1.29, 1.82) is 0 Å². The van der Waals surface area contributed by atoms with E-state index in [1.165, 1.54) is 10.4 Å². The van der Waals surface area contributed by atoms with Crippen molar-refractivity contribution in [3.05, 3.63) is 29.8 Å². The van der Waals surface area contributed by atoms with Crippen LogP contribution in [0.2, 0.25) is 0 Å². The maximum atomic E-state index is 13.5. The van der Waals surface area contributed by atoms with Gasteiger partial charge in [0, 0.05) is 51.4 Å². The van der Waals surface area contributed by atoms with E-state index in [0.717, 1.165) is 58.5 Å². The number of hydrogen-bond acceptors (Lipinski definition) is 6. The van der Waals surface area contributed by atoms with Crippen molar-refractivity contribution in [1.82, 2.24) is 14.1 Å². The van der Waals surface area contributed by atoms with E-state index in [0.29, 0.717) is 31.7 Å². The third kappa shape index (κ3) is 7.49. The maximum Gasteiger partial charge on any atom is 0.253 e. The molecule has 0 saturated carbocycles. The van der Waals surface area contributed by atoms with Crippen LogP contribution >= 0.6 is 0 Å². The molecule has 3 rings (SSSR count). The molecule has 1 amide bonds. The van der Waals surface area contributed by atoms with Gasteiger partial charge < -0.3 is 14.4 Å². The van der Waals surface area contributed by atoms with E-state index < -0.39 is 10.0 Å². The fraction of sp³-hybridized carbons (Fsp3) is 0.720. The van der Waals surface area contributed by atoms with Gasteiger partial charge in [0.2, 0.25) is 10.0 Å². The molecule has 9 heteroatoms. The Morgan fingerprint density at radius 1 is 1.06 bits per heavy atom. The average molecular weight is 496 g/mol. The first-order valence-electron chi connectivity index (χ1n) is 12.7. The van der Waals surface area contributed by atoms with Crippen LogP contribution in [0.4, 0.5) is 0 Å². The third-order valence-corrected chi connectivity index (χ3v) is 8.29. The molecule has 0 N–H and O–H groups in total. The van der Waals surface area contributed by atoms with Crippen molar-refractivity contribution in [3.8, 4) is 0 Å². The molecule has 2 aliphatic rings. The van der Waals surface area contributed by atoms with Gasteiger partial charge in [-0.3, -0.25) is 9.69 Å². The molecule has 2 atom stereocenters. The van der Waals surface area contributed by atoms with Gasteiger partial charge in [-0.15, -0.1) is 0 Å². The molecule has 0 radical (unpaired) electrons. The lowest BCUT2D eigenvalue weighted by molar-refractivity contribution is -0.0440. The van der Waals surface area contributed by atoms with Crippen LogP contribution in [-0.4, -0.2) is 99.7 Å². The van der Waals surface area contributed by atoms with Crippen molar-refractivity contribution in [2.24, 2.45) is 0 Å². The van der Waals surface area contributed by atoms with Crippen LogP contribution in [-0.2, 0) is 19.5 Å². The Hall–Kier alpha value is -1.52. The second kappa shape index (κ2) is 13.0. The summed E-state index contributed by atoms with van der Waals surface area (Å²) in [5.74, 6) is -0.106. The average Bonchev–Trinajstić information content (AvgIpc) is 2.83. The lowest BCUT2D eigenvalue weighted by atomic mass is 10.1. The molecule has 8 nitrogen and oxygen atoms in total. The summed E-state index contributed by atoms with van der Waals surface area (Å²) in [6, 6.07) is 6.51. The summed E-state index contributed by atoms with van der Waals surface area (Å²) >= 11 is 0. The van der Waals surface area contributed by atoms with Gasteiger partial charge in [0.1, 0.15) is 0 Å². The van der Waals surface area contributed by atoms with Crippen LogP contribution in [0.5, 0.6) is 0 Å². The zero-order chi connectivity index (χ0) is 24.6. The van der Waals surface area contributed by atoms with Crippen LogP contribution in [0.25, 0.3) is 0 Å². The van der Waals surface area contributed by atoms with Crippen molar-refractivity contribution in [2.75, 3.05) is 59.0 Å². The van der Waals surface area contributed by atoms with Gasteiger partial charge in [0.15, 0.2) is 0 Å². The Morgan fingerprint density at radius 3 is 2.44 bits per heavy atom. The molecule has 2 unspecified atom stereocenters. The predicted octanol–water partition coefficient (Wildman–Crippen LogP) is 2.84. The highest BCUT2D eigenvalue weighted by Crippen LogP contribution is 2.22. The largest absolute Gasteiger partial charge is 0.379 e. The lowest BCUT2D eigenvalue weighted by Gasteiger charge is -2.34. The molecular formula is C25H41N3O5S. The van der Waals surface area contributed by atoms with E-state index in [2.05, 4.69) is 11.8 Å². The van der Waals surface area contributed by atoms with Crippen LogP contribution in [0, 0.1) is 0 Å². The number of rotatable bonds is 11. The highest BCUT2D eigenvalue weighted by Gasteiger charge is 2.32. The van der Waals surface area contributed by atoms with Crippen molar-refractivity contribution < 1.29 is 22.7 Å². The van der Waals surface area contributed by atoms with Crippen molar-refractivity contribution >= 4 is 15.9 Å². The van der Waals surface area contributed by atoms with Gasteiger partial charge >= 0.3 is 0 Å². The molecule has 2 saturated heterocycles. The summed E-state index contributed by atoms with van der Waals surface area (Å²) in [5.41, 5.74) is 0.424. The Morgan fingerprint density at radius 2 is 1.76 bits per heavy atom. The zero-order valence-electron chi connectivity index (χ0n) is 20.9. The van der Waals surface area contributed by atoms with E-state index in [-0.39, 0.29) is 23.0 Å². The summed E-state index contributed by atoms with van der Waals surface area (Å²) in [7, 11) is -3.70. The number of carbonyl (C=O) groups is 1. The molecule has 2 heterocycles. The number of benzene rings is 1. The third-order valence-electron chi connectivity index (χ3n) is 6.46. The molecule has 1 aromatic rings. The molecule has 1 aromatic carbocycles. The number of sulfonamides is 1. The normalized spacial score (nSPS) is 22.6. The molecule has 0 aromatic heterocycles. The van der Waals surface area contributed by atoms with E-state index in [4.69, 9.17) is 9.47 Å². The highest BCUT2D eigenvalue weighted by atomic mass is 32.2. The van der Waals surface area contributed by atoms with Gasteiger partial charge in [0.05, 0.1) is 30.3 Å². The van der Waals surface area contributed by atoms with E-state index in [1.807, 2.05) is 18.7 Å². The summed E-state index contributed by atoms with van der Waals surface area (Å²) in [6.07, 6.45) is 3.99. The minimum Gasteiger partial charge on any atom is -0.379 e. The number of nitrogens with zero attached hydrogens (tertiary/aromatic N) is 3. The van der Waals surface area contributed by atoms with Crippen LogP contribution < -0.4 is 0 Å². The number of carbonyl (C=O) groups excluding carboxylic acids is 1. The molecular weight excluding hydrogens is 454 g/mol. The fourth-order valence-electron chi connectivity index (χ4n) is 4.58. The standard InChI is InChI=1S/C25H41N3O5S/c1-4-5-6-7-11-27(13-12-26-14-16-32-17-15-26)25(29)23-9-8-10-24(18-23)34(30,31)28-19-21(2)33-22(3)20-28/h8-10,18,21-22H,4-7,11-17,19-20H2,1-3H3. The van der Waals surface area contributed by atoms with Gasteiger partial charge in [-0.1, -0.05) is 32.3 Å². The number of unbranched alkanes of at least 4 members (excludes halogenated alkanes) is 3. The van der Waals surface area contributed by atoms with Crippen LogP contribution in [0.1, 0.15) is 56.8 Å². The lowest BCUT2D eigenvalue weighted by Crippen LogP contribution is -2.48. The molecule has 2 aliphatic heterocycles. The maximum absolute atomic E-state index is 13.5. The monoisotopic (exact) mass is 495 g/mol. The van der Waals surface area contributed by atoms with Crippen LogP contribution in [0.15, 0.2) is 29.2 Å². The van der Waals surface area contributed by atoms with E-state index in [1.54, 1.807) is 18.2 Å². The molecule has 2 fully saturated rings. The number of hydrogen-bond donors (Lipinski definition) is 0. The molecule has 0 spiro atoms. The second-order valence-electron chi connectivity index (χ2n) is 9.41. The van der Waals surface area contributed by atoms with E-state index in [9.17, 15) is 13.2 Å². The van der Waals surface area contributed by atoms with Crippen molar-refractivity contribution in [3.63, 3.8) is 0 Å². The fourth-order valence-corrected chi connectivity index (χ4v) is 6.22. The molecule has 192 valence electrons. The van der Waals surface area contributed by atoms with Gasteiger partial charge in [0.25, 0.3) is 5.91 Å². The molecule has 0 aliphatic carbocycles. The summed E-state index contributed by atoms with van der Waals surface area (Å²) in [5, 5.41) is 0. The summed E-state index contributed by atoms with van der Waals surface area (Å²) < 4.78 is 39.2. The van der Waals surface area contributed by atoms with E-state index >= 15 is 0 Å². The minimum absolute atomic E-state index is 0.106. The quantitative estimate of drug-likeness (QED) is 0.439. The number of ether oxygens (including phenoxy) is 2. The van der Waals surface area contributed by atoms with Gasteiger partial charge in [-0.2, -0.15) is 4.31 Å². The number of morpholine rings is 2. The first kappa shape index (κ1) is 27.1. The summed E-state index contributed by atoms with van der Waals surface area (Å²) in [6.45, 7) is 11.9. The SMILES string of the molecule is CCCCCCN(CCN1CCOCC1)C(=O)c1cccc(S(=O)(=O)N2CC(C)OC(C)C2)c1. The summed E-state index contributed by atoms with van der Waals surface area (Å²) in [4.78, 5) is 17.9.